The molecule has 22 heavy (non-hydrogen) atoms. The molecule has 6 nitrogen and oxygen atoms in total. The number of thioether (sulfide) groups is 1. The molecule has 2 aromatic rings. The number of nitrogens with two attached hydrogens (primary N) is 1. The van der Waals surface area contributed by atoms with Gasteiger partial charge in [0.1, 0.15) is 6.33 Å². The van der Waals surface area contributed by atoms with E-state index in [1.165, 1.54) is 11.8 Å². The van der Waals surface area contributed by atoms with Crippen LogP contribution in [-0.2, 0) is 11.8 Å². The summed E-state index contributed by atoms with van der Waals surface area (Å²) in [5, 5.41) is 11.5. The molecule has 0 radical (unpaired) electrons. The second-order valence-corrected chi connectivity index (χ2v) is 6.75. The molecule has 0 fully saturated rings. The van der Waals surface area contributed by atoms with Crippen molar-refractivity contribution in [3.05, 3.63) is 30.6 Å². The van der Waals surface area contributed by atoms with Crippen LogP contribution in [0.2, 0.25) is 0 Å². The SMILES string of the molecule is CSCC[C@H](N)C(=O)Nc1ccc(Sc2nncn2C)cc1. The Kier molecular flexibility index (Phi) is 6.29. The standard InChI is InChI=1S/C14H19N5OS2/c1-19-9-16-18-14(19)22-11-5-3-10(4-6-11)17-13(20)12(15)7-8-21-2/h3-6,9,12H,7-8,15H2,1-2H3,(H,17,20)/t12-/m0/s1. The first-order valence-corrected chi connectivity index (χ1v) is 8.98. The van der Waals surface area contributed by atoms with Gasteiger partial charge < -0.3 is 15.6 Å². The first kappa shape index (κ1) is 16.9. The maximum atomic E-state index is 11.9. The normalized spacial score (nSPS) is 12.1. The third-order valence-electron chi connectivity index (χ3n) is 2.97. The summed E-state index contributed by atoms with van der Waals surface area (Å²) in [6, 6.07) is 7.11. The van der Waals surface area contributed by atoms with Crippen LogP contribution < -0.4 is 11.1 Å². The van der Waals surface area contributed by atoms with E-state index < -0.39 is 6.04 Å². The molecule has 1 amide bonds. The van der Waals surface area contributed by atoms with E-state index in [1.807, 2.05) is 42.1 Å². The lowest BCUT2D eigenvalue weighted by Crippen LogP contribution is -2.36. The van der Waals surface area contributed by atoms with Gasteiger partial charge in [-0.1, -0.05) is 0 Å². The van der Waals surface area contributed by atoms with E-state index in [4.69, 9.17) is 5.73 Å². The summed E-state index contributed by atoms with van der Waals surface area (Å²) >= 11 is 3.20. The molecular weight excluding hydrogens is 318 g/mol. The van der Waals surface area contributed by atoms with Gasteiger partial charge in [0.2, 0.25) is 5.91 Å². The quantitative estimate of drug-likeness (QED) is 0.803. The molecule has 0 saturated heterocycles. The molecule has 1 heterocycles. The summed E-state index contributed by atoms with van der Waals surface area (Å²) in [5.74, 6) is 0.727. The summed E-state index contributed by atoms with van der Waals surface area (Å²) in [7, 11) is 1.90. The molecule has 1 aromatic carbocycles. The highest BCUT2D eigenvalue weighted by atomic mass is 32.2. The lowest BCUT2D eigenvalue weighted by molar-refractivity contribution is -0.117. The molecule has 118 valence electrons. The number of aryl methyl sites for hydroxylation is 1. The first-order valence-electron chi connectivity index (χ1n) is 6.77. The third kappa shape index (κ3) is 4.75. The van der Waals surface area contributed by atoms with Crippen molar-refractivity contribution in [1.82, 2.24) is 14.8 Å². The van der Waals surface area contributed by atoms with E-state index in [9.17, 15) is 4.79 Å². The number of hydrogen-bond donors (Lipinski definition) is 2. The van der Waals surface area contributed by atoms with Crippen LogP contribution in [0.4, 0.5) is 5.69 Å². The van der Waals surface area contributed by atoms with Crippen LogP contribution in [0.15, 0.2) is 40.6 Å². The Balaban J connectivity index is 1.91. The van der Waals surface area contributed by atoms with E-state index in [2.05, 4.69) is 15.5 Å². The highest BCUT2D eigenvalue weighted by Crippen LogP contribution is 2.26. The van der Waals surface area contributed by atoms with Crippen LogP contribution >= 0.6 is 23.5 Å². The Labute approximate surface area is 138 Å². The number of benzene rings is 1. The number of amides is 1. The van der Waals surface area contributed by atoms with Crippen molar-refractivity contribution in [2.75, 3.05) is 17.3 Å². The number of carbonyl (C=O) groups excluding carboxylic acids is 1. The van der Waals surface area contributed by atoms with Crippen LogP contribution in [0.5, 0.6) is 0 Å². The molecule has 1 aromatic heterocycles. The van der Waals surface area contributed by atoms with Crippen molar-refractivity contribution in [3.63, 3.8) is 0 Å². The molecule has 8 heteroatoms. The highest BCUT2D eigenvalue weighted by molar-refractivity contribution is 7.99. The summed E-state index contributed by atoms with van der Waals surface area (Å²) in [4.78, 5) is 13.0. The van der Waals surface area contributed by atoms with Gasteiger partial charge in [0.25, 0.3) is 0 Å². The molecule has 0 aliphatic rings. The number of rotatable bonds is 7. The van der Waals surface area contributed by atoms with Gasteiger partial charge in [-0.25, -0.2) is 0 Å². The lowest BCUT2D eigenvalue weighted by atomic mass is 10.2. The van der Waals surface area contributed by atoms with Gasteiger partial charge in [0, 0.05) is 17.6 Å². The molecule has 0 bridgehead atoms. The number of nitrogens with one attached hydrogen (secondary N) is 1. The zero-order valence-electron chi connectivity index (χ0n) is 12.5. The fraction of sp³-hybridized carbons (Fsp3) is 0.357. The largest absolute Gasteiger partial charge is 0.325 e. The molecular formula is C14H19N5OS2. The predicted octanol–water partition coefficient (Wildman–Crippen LogP) is 1.99. The number of carbonyl (C=O) groups is 1. The Morgan fingerprint density at radius 3 is 2.73 bits per heavy atom. The molecule has 3 N–H and O–H groups in total. The molecule has 0 spiro atoms. The van der Waals surface area contributed by atoms with Gasteiger partial charge in [-0.05, 0) is 54.5 Å². The summed E-state index contributed by atoms with van der Waals surface area (Å²) in [6.45, 7) is 0. The Hall–Kier alpha value is -1.51. The van der Waals surface area contributed by atoms with E-state index in [0.29, 0.717) is 6.42 Å². The fourth-order valence-corrected chi connectivity index (χ4v) is 2.94. The van der Waals surface area contributed by atoms with Gasteiger partial charge in [-0.2, -0.15) is 11.8 Å². The maximum absolute atomic E-state index is 11.9. The van der Waals surface area contributed by atoms with Crippen LogP contribution in [0.25, 0.3) is 0 Å². The summed E-state index contributed by atoms with van der Waals surface area (Å²) in [6.07, 6.45) is 4.33. The molecule has 2 rings (SSSR count). The van der Waals surface area contributed by atoms with Crippen molar-refractivity contribution in [2.24, 2.45) is 12.8 Å². The number of nitrogens with zero attached hydrogens (tertiary/aromatic N) is 3. The first-order chi connectivity index (χ1) is 10.6. The van der Waals surface area contributed by atoms with Crippen LogP contribution in [0.3, 0.4) is 0 Å². The minimum absolute atomic E-state index is 0.150. The van der Waals surface area contributed by atoms with Crippen LogP contribution in [0, 0.1) is 0 Å². The van der Waals surface area contributed by atoms with E-state index >= 15 is 0 Å². The van der Waals surface area contributed by atoms with Crippen molar-refractivity contribution in [1.29, 1.82) is 0 Å². The Morgan fingerprint density at radius 2 is 2.14 bits per heavy atom. The average molecular weight is 337 g/mol. The van der Waals surface area contributed by atoms with Crippen LogP contribution in [-0.4, -0.2) is 38.7 Å². The minimum Gasteiger partial charge on any atom is -0.325 e. The smallest absolute Gasteiger partial charge is 0.241 e. The highest BCUT2D eigenvalue weighted by Gasteiger charge is 2.13. The molecule has 0 unspecified atom stereocenters. The average Bonchev–Trinajstić information content (AvgIpc) is 2.92. The Bertz CT molecular complexity index is 614. The van der Waals surface area contributed by atoms with E-state index in [1.54, 1.807) is 18.1 Å². The molecule has 0 saturated carbocycles. The van der Waals surface area contributed by atoms with E-state index in [0.717, 1.165) is 21.5 Å². The van der Waals surface area contributed by atoms with Gasteiger partial charge in [0.15, 0.2) is 5.16 Å². The maximum Gasteiger partial charge on any atom is 0.241 e. The van der Waals surface area contributed by atoms with E-state index in [-0.39, 0.29) is 5.91 Å². The topological polar surface area (TPSA) is 85.8 Å². The van der Waals surface area contributed by atoms with Gasteiger partial charge in [0.05, 0.1) is 6.04 Å². The molecule has 0 aliphatic carbocycles. The summed E-state index contributed by atoms with van der Waals surface area (Å²) in [5.41, 5.74) is 6.58. The minimum atomic E-state index is -0.472. The van der Waals surface area contributed by atoms with Gasteiger partial charge in [-0.15, -0.1) is 10.2 Å². The molecule has 1 atom stereocenters. The Morgan fingerprint density at radius 1 is 1.41 bits per heavy atom. The van der Waals surface area contributed by atoms with Crippen molar-refractivity contribution in [3.8, 4) is 0 Å². The monoisotopic (exact) mass is 337 g/mol. The van der Waals surface area contributed by atoms with Gasteiger partial charge >= 0.3 is 0 Å². The molecule has 0 aliphatic heterocycles. The zero-order valence-corrected chi connectivity index (χ0v) is 14.2. The number of aromatic nitrogens is 3. The zero-order chi connectivity index (χ0) is 15.9. The van der Waals surface area contributed by atoms with Crippen molar-refractivity contribution >= 4 is 35.1 Å². The number of hydrogen-bond acceptors (Lipinski definition) is 6. The fourth-order valence-electron chi connectivity index (χ4n) is 1.69. The lowest BCUT2D eigenvalue weighted by Gasteiger charge is -2.11. The van der Waals surface area contributed by atoms with Crippen LogP contribution in [0.1, 0.15) is 6.42 Å². The van der Waals surface area contributed by atoms with Crippen molar-refractivity contribution < 1.29 is 4.79 Å². The second-order valence-electron chi connectivity index (χ2n) is 4.73. The van der Waals surface area contributed by atoms with Crippen molar-refractivity contribution in [2.45, 2.75) is 22.5 Å². The van der Waals surface area contributed by atoms with Gasteiger partial charge in [-0.3, -0.25) is 4.79 Å². The number of anilines is 1. The summed E-state index contributed by atoms with van der Waals surface area (Å²) < 4.78 is 1.85. The predicted molar refractivity (Wildman–Crippen MR) is 91.2 cm³/mol. The second kappa shape index (κ2) is 8.21. The third-order valence-corrected chi connectivity index (χ3v) is 4.67.